The lowest BCUT2D eigenvalue weighted by Crippen LogP contribution is -1.92. The van der Waals surface area contributed by atoms with Gasteiger partial charge in [-0.15, -0.1) is 0 Å². The minimum absolute atomic E-state index is 0.515. The summed E-state index contributed by atoms with van der Waals surface area (Å²) in [6.45, 7) is 2.05. The van der Waals surface area contributed by atoms with Crippen LogP contribution in [-0.2, 0) is 0 Å². The van der Waals surface area contributed by atoms with E-state index in [4.69, 9.17) is 10.5 Å². The highest BCUT2D eigenvalue weighted by atomic mass is 16.5. The number of aromatic nitrogens is 1. The third-order valence-corrected chi connectivity index (χ3v) is 2.45. The number of ether oxygens (including phenoxy) is 1. The van der Waals surface area contributed by atoms with Crippen LogP contribution in [0.3, 0.4) is 0 Å². The summed E-state index contributed by atoms with van der Waals surface area (Å²) in [6, 6.07) is 9.83. The first-order valence-corrected chi connectivity index (χ1v) is 5.07. The summed E-state index contributed by atoms with van der Waals surface area (Å²) in [6.07, 6.45) is 1.70. The van der Waals surface area contributed by atoms with Crippen molar-refractivity contribution in [3.8, 4) is 16.9 Å². The molecule has 1 aromatic carbocycles. The average Bonchev–Trinajstić information content (AvgIpc) is 2.29. The van der Waals surface area contributed by atoms with Crippen LogP contribution in [0.5, 0.6) is 5.75 Å². The SMILES string of the molecule is COc1ccc(C)cc1-c1ccnc(N)c1. The van der Waals surface area contributed by atoms with Crippen molar-refractivity contribution in [2.24, 2.45) is 0 Å². The molecule has 0 fully saturated rings. The van der Waals surface area contributed by atoms with Gasteiger partial charge in [-0.05, 0) is 36.8 Å². The normalized spacial score (nSPS) is 10.1. The van der Waals surface area contributed by atoms with Crippen LogP contribution in [0.1, 0.15) is 5.56 Å². The van der Waals surface area contributed by atoms with Crippen molar-refractivity contribution in [3.05, 3.63) is 42.1 Å². The Bertz CT molecular complexity index is 509. The van der Waals surface area contributed by atoms with Crippen LogP contribution in [0, 0.1) is 6.92 Å². The Hall–Kier alpha value is -2.03. The lowest BCUT2D eigenvalue weighted by atomic mass is 10.0. The molecule has 0 aliphatic heterocycles. The van der Waals surface area contributed by atoms with Crippen LogP contribution in [0.2, 0.25) is 0 Å². The van der Waals surface area contributed by atoms with Crippen LogP contribution >= 0.6 is 0 Å². The van der Waals surface area contributed by atoms with E-state index in [1.165, 1.54) is 5.56 Å². The molecule has 2 aromatic rings. The van der Waals surface area contributed by atoms with Gasteiger partial charge < -0.3 is 10.5 Å². The summed E-state index contributed by atoms with van der Waals surface area (Å²) in [5.41, 5.74) is 8.92. The summed E-state index contributed by atoms with van der Waals surface area (Å²) in [7, 11) is 1.67. The van der Waals surface area contributed by atoms with Crippen molar-refractivity contribution >= 4 is 5.82 Å². The predicted molar refractivity (Wildman–Crippen MR) is 65.4 cm³/mol. The maximum absolute atomic E-state index is 5.67. The smallest absolute Gasteiger partial charge is 0.126 e. The van der Waals surface area contributed by atoms with Crippen molar-refractivity contribution in [1.29, 1.82) is 0 Å². The quantitative estimate of drug-likeness (QED) is 0.836. The van der Waals surface area contributed by atoms with Gasteiger partial charge in [0, 0.05) is 11.8 Å². The van der Waals surface area contributed by atoms with Gasteiger partial charge in [-0.2, -0.15) is 0 Å². The Kier molecular flexibility index (Phi) is 2.77. The van der Waals surface area contributed by atoms with Crippen molar-refractivity contribution in [3.63, 3.8) is 0 Å². The number of methoxy groups -OCH3 is 1. The molecule has 82 valence electrons. The van der Waals surface area contributed by atoms with E-state index in [1.807, 2.05) is 31.2 Å². The molecule has 2 rings (SSSR count). The molecule has 0 aliphatic carbocycles. The Morgan fingerprint density at radius 2 is 2.00 bits per heavy atom. The van der Waals surface area contributed by atoms with Crippen molar-refractivity contribution in [2.75, 3.05) is 12.8 Å². The molecule has 0 amide bonds. The second-order valence-electron chi connectivity index (χ2n) is 3.67. The maximum Gasteiger partial charge on any atom is 0.126 e. The maximum atomic E-state index is 5.67. The molecule has 2 N–H and O–H groups in total. The summed E-state index contributed by atoms with van der Waals surface area (Å²) in [5, 5.41) is 0. The number of nitrogen functional groups attached to an aromatic ring is 1. The Labute approximate surface area is 94.9 Å². The number of hydrogen-bond acceptors (Lipinski definition) is 3. The van der Waals surface area contributed by atoms with E-state index in [2.05, 4.69) is 11.1 Å². The van der Waals surface area contributed by atoms with Gasteiger partial charge in [0.1, 0.15) is 11.6 Å². The molecule has 0 atom stereocenters. The third kappa shape index (κ3) is 1.98. The van der Waals surface area contributed by atoms with Crippen LogP contribution in [0.4, 0.5) is 5.82 Å². The molecule has 0 saturated heterocycles. The Morgan fingerprint density at radius 1 is 1.19 bits per heavy atom. The van der Waals surface area contributed by atoms with Crippen molar-refractivity contribution in [2.45, 2.75) is 6.92 Å². The second kappa shape index (κ2) is 4.23. The first kappa shape index (κ1) is 10.5. The van der Waals surface area contributed by atoms with Gasteiger partial charge in [-0.1, -0.05) is 11.6 Å². The highest BCUT2D eigenvalue weighted by molar-refractivity contribution is 5.72. The van der Waals surface area contributed by atoms with Gasteiger partial charge in [0.15, 0.2) is 0 Å². The van der Waals surface area contributed by atoms with Gasteiger partial charge in [0.05, 0.1) is 7.11 Å². The van der Waals surface area contributed by atoms with Gasteiger partial charge in [-0.25, -0.2) is 4.98 Å². The highest BCUT2D eigenvalue weighted by Gasteiger charge is 2.06. The zero-order chi connectivity index (χ0) is 11.5. The molecule has 0 bridgehead atoms. The predicted octanol–water partition coefficient (Wildman–Crippen LogP) is 2.65. The lowest BCUT2D eigenvalue weighted by molar-refractivity contribution is 0.416. The molecule has 0 radical (unpaired) electrons. The standard InChI is InChI=1S/C13H14N2O/c1-9-3-4-12(16-2)11(7-9)10-5-6-15-13(14)8-10/h3-8H,1-2H3,(H2,14,15). The summed E-state index contributed by atoms with van der Waals surface area (Å²) in [4.78, 5) is 3.98. The van der Waals surface area contributed by atoms with Crippen molar-refractivity contribution < 1.29 is 4.74 Å². The highest BCUT2D eigenvalue weighted by Crippen LogP contribution is 2.31. The van der Waals surface area contributed by atoms with E-state index >= 15 is 0 Å². The van der Waals surface area contributed by atoms with E-state index in [0.717, 1.165) is 16.9 Å². The molecular formula is C13H14N2O. The number of anilines is 1. The first-order valence-electron chi connectivity index (χ1n) is 5.07. The summed E-state index contributed by atoms with van der Waals surface area (Å²) >= 11 is 0. The number of benzene rings is 1. The van der Waals surface area contributed by atoms with E-state index in [9.17, 15) is 0 Å². The molecule has 0 unspecified atom stereocenters. The molecule has 3 nitrogen and oxygen atoms in total. The Morgan fingerprint density at radius 3 is 2.69 bits per heavy atom. The molecule has 1 aromatic heterocycles. The van der Waals surface area contributed by atoms with Gasteiger partial charge in [0.25, 0.3) is 0 Å². The van der Waals surface area contributed by atoms with Gasteiger partial charge in [0.2, 0.25) is 0 Å². The average molecular weight is 214 g/mol. The first-order chi connectivity index (χ1) is 7.70. The van der Waals surface area contributed by atoms with Crippen LogP contribution in [0.25, 0.3) is 11.1 Å². The number of pyridine rings is 1. The Balaban J connectivity index is 2.58. The zero-order valence-corrected chi connectivity index (χ0v) is 9.40. The van der Waals surface area contributed by atoms with E-state index in [1.54, 1.807) is 13.3 Å². The fraction of sp³-hybridized carbons (Fsp3) is 0.154. The van der Waals surface area contributed by atoms with Crippen LogP contribution < -0.4 is 10.5 Å². The zero-order valence-electron chi connectivity index (χ0n) is 9.40. The largest absolute Gasteiger partial charge is 0.496 e. The van der Waals surface area contributed by atoms with Crippen LogP contribution in [0.15, 0.2) is 36.5 Å². The molecular weight excluding hydrogens is 200 g/mol. The number of nitrogens with zero attached hydrogens (tertiary/aromatic N) is 1. The molecule has 0 aliphatic rings. The monoisotopic (exact) mass is 214 g/mol. The lowest BCUT2D eigenvalue weighted by Gasteiger charge is -2.09. The van der Waals surface area contributed by atoms with E-state index in [-0.39, 0.29) is 0 Å². The summed E-state index contributed by atoms with van der Waals surface area (Å²) in [5.74, 6) is 1.36. The van der Waals surface area contributed by atoms with Gasteiger partial charge in [-0.3, -0.25) is 0 Å². The minimum Gasteiger partial charge on any atom is -0.496 e. The van der Waals surface area contributed by atoms with E-state index < -0.39 is 0 Å². The second-order valence-corrected chi connectivity index (χ2v) is 3.67. The van der Waals surface area contributed by atoms with Crippen LogP contribution in [-0.4, -0.2) is 12.1 Å². The molecule has 0 spiro atoms. The van der Waals surface area contributed by atoms with E-state index in [0.29, 0.717) is 5.82 Å². The molecule has 3 heteroatoms. The number of hydrogen-bond donors (Lipinski definition) is 1. The molecule has 1 heterocycles. The fourth-order valence-electron chi connectivity index (χ4n) is 1.66. The number of aryl methyl sites for hydroxylation is 1. The molecule has 0 saturated carbocycles. The molecule has 16 heavy (non-hydrogen) atoms. The van der Waals surface area contributed by atoms with Gasteiger partial charge >= 0.3 is 0 Å². The van der Waals surface area contributed by atoms with Crippen molar-refractivity contribution in [1.82, 2.24) is 4.98 Å². The topological polar surface area (TPSA) is 48.1 Å². The fourth-order valence-corrected chi connectivity index (χ4v) is 1.66. The number of nitrogens with two attached hydrogens (primary N) is 1. The summed E-state index contributed by atoms with van der Waals surface area (Å²) < 4.78 is 5.33. The third-order valence-electron chi connectivity index (χ3n) is 2.45. The number of rotatable bonds is 2. The minimum atomic E-state index is 0.515.